The zero-order valence-corrected chi connectivity index (χ0v) is 18.1. The minimum absolute atomic E-state index is 0.0106. The van der Waals surface area contributed by atoms with E-state index < -0.39 is 11.6 Å². The number of aromatic nitrogens is 1. The number of hydrogen-bond acceptors (Lipinski definition) is 3. The van der Waals surface area contributed by atoms with Crippen LogP contribution in [-0.4, -0.2) is 11.3 Å². The highest BCUT2D eigenvalue weighted by molar-refractivity contribution is 5.94. The number of anilines is 1. The van der Waals surface area contributed by atoms with Crippen LogP contribution in [-0.2, 0) is 19.4 Å². The van der Waals surface area contributed by atoms with Crippen LogP contribution in [0.25, 0.3) is 5.70 Å². The molecule has 0 atom stereocenters. The number of halogens is 2. The van der Waals surface area contributed by atoms with E-state index in [2.05, 4.69) is 28.5 Å². The minimum Gasteiger partial charge on any atom is -0.327 e. The van der Waals surface area contributed by atoms with Crippen molar-refractivity contribution in [3.8, 4) is 12.3 Å². The van der Waals surface area contributed by atoms with Crippen molar-refractivity contribution in [2.45, 2.75) is 33.2 Å². The van der Waals surface area contributed by atoms with Gasteiger partial charge in [-0.3, -0.25) is 4.98 Å². The molecule has 1 aliphatic rings. The predicted molar refractivity (Wildman–Crippen MR) is 126 cm³/mol. The van der Waals surface area contributed by atoms with Crippen molar-refractivity contribution in [3.05, 3.63) is 99.9 Å². The van der Waals surface area contributed by atoms with Crippen LogP contribution in [0.2, 0.25) is 0 Å². The van der Waals surface area contributed by atoms with Crippen molar-refractivity contribution in [2.75, 3.05) is 4.90 Å². The third-order valence-corrected chi connectivity index (χ3v) is 5.57. The molecule has 3 nitrogen and oxygen atoms in total. The second kappa shape index (κ2) is 8.76. The Balaban J connectivity index is 1.62. The summed E-state index contributed by atoms with van der Waals surface area (Å²) in [5.74, 6) is 1.51. The lowest BCUT2D eigenvalue weighted by Gasteiger charge is -2.27. The molecular formula is C27H23F2N3. The van der Waals surface area contributed by atoms with Crippen molar-refractivity contribution in [2.24, 2.45) is 4.99 Å². The SMILES string of the molecule is C#CCc1cnc(Cc2ccc3c(c2)C(=C)N=CN3Cc2c(F)cc(C)cc2F)c(C)c1. The van der Waals surface area contributed by atoms with E-state index in [9.17, 15) is 8.78 Å². The van der Waals surface area contributed by atoms with Gasteiger partial charge >= 0.3 is 0 Å². The van der Waals surface area contributed by atoms with Gasteiger partial charge in [-0.25, -0.2) is 13.8 Å². The van der Waals surface area contributed by atoms with Gasteiger partial charge in [0.05, 0.1) is 24.3 Å². The van der Waals surface area contributed by atoms with Gasteiger partial charge in [0.2, 0.25) is 0 Å². The second-order valence-corrected chi connectivity index (χ2v) is 8.04. The fourth-order valence-electron chi connectivity index (χ4n) is 3.88. The van der Waals surface area contributed by atoms with Gasteiger partial charge in [-0.2, -0.15) is 0 Å². The summed E-state index contributed by atoms with van der Waals surface area (Å²) in [6.07, 6.45) is 9.98. The number of hydrogen-bond donors (Lipinski definition) is 0. The van der Waals surface area contributed by atoms with Crippen LogP contribution in [0, 0.1) is 37.8 Å². The van der Waals surface area contributed by atoms with Gasteiger partial charge in [0.15, 0.2) is 0 Å². The molecule has 0 unspecified atom stereocenters. The zero-order valence-electron chi connectivity index (χ0n) is 18.1. The molecule has 2 heterocycles. The standard InChI is InChI=1S/C27H23F2N3/c1-5-6-21-11-18(3)26(30-14-21)13-20-7-8-27-22(12-20)19(4)31-16-32(27)15-23-24(28)9-17(2)10-25(23)29/h1,7-12,14,16H,4,6,13,15H2,2-3H3. The first kappa shape index (κ1) is 21.5. The van der Waals surface area contributed by atoms with Crippen molar-refractivity contribution >= 4 is 17.7 Å². The Morgan fingerprint density at radius 1 is 1.06 bits per heavy atom. The minimum atomic E-state index is -0.562. The molecule has 0 radical (unpaired) electrons. The van der Waals surface area contributed by atoms with Crippen LogP contribution in [0.5, 0.6) is 0 Å². The monoisotopic (exact) mass is 427 g/mol. The highest BCUT2D eigenvalue weighted by Gasteiger charge is 2.21. The summed E-state index contributed by atoms with van der Waals surface area (Å²) in [5.41, 5.74) is 6.93. The number of aryl methyl sites for hydroxylation is 2. The molecule has 1 aliphatic heterocycles. The lowest BCUT2D eigenvalue weighted by Crippen LogP contribution is -2.25. The summed E-state index contributed by atoms with van der Waals surface area (Å²) in [6.45, 7) is 7.76. The molecule has 160 valence electrons. The number of terminal acetylenes is 1. The van der Waals surface area contributed by atoms with Gasteiger partial charge in [-0.05, 0) is 60.4 Å². The van der Waals surface area contributed by atoms with Crippen LogP contribution >= 0.6 is 0 Å². The molecule has 0 N–H and O–H groups in total. The molecule has 0 saturated heterocycles. The molecule has 0 spiro atoms. The molecule has 0 amide bonds. The summed E-state index contributed by atoms with van der Waals surface area (Å²) < 4.78 is 28.8. The molecule has 0 saturated carbocycles. The Bertz CT molecular complexity index is 1260. The third-order valence-electron chi connectivity index (χ3n) is 5.57. The van der Waals surface area contributed by atoms with E-state index in [1.54, 1.807) is 18.2 Å². The largest absolute Gasteiger partial charge is 0.327 e. The lowest BCUT2D eigenvalue weighted by molar-refractivity contribution is 0.555. The van der Waals surface area contributed by atoms with E-state index >= 15 is 0 Å². The van der Waals surface area contributed by atoms with Crippen molar-refractivity contribution < 1.29 is 8.78 Å². The van der Waals surface area contributed by atoms with Gasteiger partial charge in [0.1, 0.15) is 11.6 Å². The molecule has 5 heteroatoms. The third kappa shape index (κ3) is 4.31. The van der Waals surface area contributed by atoms with Crippen LogP contribution in [0.1, 0.15) is 39.1 Å². The van der Waals surface area contributed by atoms with Crippen LogP contribution in [0.3, 0.4) is 0 Å². The summed E-state index contributed by atoms with van der Waals surface area (Å²) in [6, 6.07) is 10.7. The van der Waals surface area contributed by atoms with Gasteiger partial charge < -0.3 is 4.90 Å². The maximum Gasteiger partial charge on any atom is 0.131 e. The smallest absolute Gasteiger partial charge is 0.131 e. The van der Waals surface area contributed by atoms with Gasteiger partial charge in [-0.1, -0.05) is 18.7 Å². The van der Waals surface area contributed by atoms with Crippen LogP contribution in [0.15, 0.2) is 54.2 Å². The maximum atomic E-state index is 14.4. The zero-order chi connectivity index (χ0) is 22.8. The van der Waals surface area contributed by atoms with Crippen molar-refractivity contribution in [1.29, 1.82) is 0 Å². The van der Waals surface area contributed by atoms with E-state index in [0.717, 1.165) is 33.6 Å². The quantitative estimate of drug-likeness (QED) is 0.484. The van der Waals surface area contributed by atoms with Crippen molar-refractivity contribution in [3.63, 3.8) is 0 Å². The Kier molecular flexibility index (Phi) is 5.87. The van der Waals surface area contributed by atoms with Crippen LogP contribution < -0.4 is 4.90 Å². The number of pyridine rings is 1. The second-order valence-electron chi connectivity index (χ2n) is 8.04. The Morgan fingerprint density at radius 3 is 2.50 bits per heavy atom. The summed E-state index contributed by atoms with van der Waals surface area (Å²) >= 11 is 0. The topological polar surface area (TPSA) is 28.5 Å². The number of benzene rings is 2. The molecule has 0 fully saturated rings. The molecule has 3 aromatic rings. The first-order valence-electron chi connectivity index (χ1n) is 10.3. The average molecular weight is 427 g/mol. The molecule has 0 aliphatic carbocycles. The number of fused-ring (bicyclic) bond motifs is 1. The molecule has 2 aromatic carbocycles. The summed E-state index contributed by atoms with van der Waals surface area (Å²) in [4.78, 5) is 10.7. The first-order chi connectivity index (χ1) is 15.4. The summed E-state index contributed by atoms with van der Waals surface area (Å²) in [5, 5.41) is 0. The molecule has 0 bridgehead atoms. The van der Waals surface area contributed by atoms with Gasteiger partial charge in [0.25, 0.3) is 0 Å². The van der Waals surface area contributed by atoms with E-state index in [1.807, 2.05) is 31.3 Å². The Hall–Kier alpha value is -3.78. The van der Waals surface area contributed by atoms with E-state index in [-0.39, 0.29) is 12.1 Å². The first-order valence-corrected chi connectivity index (χ1v) is 10.3. The van der Waals surface area contributed by atoms with E-state index in [1.165, 1.54) is 12.1 Å². The van der Waals surface area contributed by atoms with Crippen molar-refractivity contribution in [1.82, 2.24) is 4.98 Å². The predicted octanol–water partition coefficient (Wildman–Crippen LogP) is 5.76. The normalized spacial score (nSPS) is 12.6. The Labute approximate surface area is 187 Å². The number of rotatable bonds is 5. The highest BCUT2D eigenvalue weighted by atomic mass is 19.1. The Morgan fingerprint density at radius 2 is 1.81 bits per heavy atom. The van der Waals surface area contributed by atoms with Crippen LogP contribution in [0.4, 0.5) is 14.5 Å². The highest BCUT2D eigenvalue weighted by Crippen LogP contribution is 2.33. The molecule has 1 aromatic heterocycles. The van der Waals surface area contributed by atoms with E-state index in [0.29, 0.717) is 24.1 Å². The molecular weight excluding hydrogens is 404 g/mol. The van der Waals surface area contributed by atoms with E-state index in [4.69, 9.17) is 6.42 Å². The molecule has 4 rings (SSSR count). The summed E-state index contributed by atoms with van der Waals surface area (Å²) in [7, 11) is 0. The fourth-order valence-corrected chi connectivity index (χ4v) is 3.88. The average Bonchev–Trinajstić information content (AvgIpc) is 2.74. The van der Waals surface area contributed by atoms with Gasteiger partial charge in [-0.15, -0.1) is 12.3 Å². The number of nitrogens with zero attached hydrogens (tertiary/aromatic N) is 3. The van der Waals surface area contributed by atoms with Gasteiger partial charge in [0, 0.05) is 35.9 Å². The lowest BCUT2D eigenvalue weighted by atomic mass is 9.99. The molecule has 32 heavy (non-hydrogen) atoms. The number of aliphatic imine (C=N–C) groups is 1. The fraction of sp³-hybridized carbons (Fsp3) is 0.185. The maximum absolute atomic E-state index is 14.4.